The molecule has 52 heavy (non-hydrogen) atoms. The third kappa shape index (κ3) is 6.97. The number of carbonyl (C=O) groups excluding carboxylic acids is 1. The summed E-state index contributed by atoms with van der Waals surface area (Å²) in [5, 5.41) is 22.8. The number of nitrogens with one attached hydrogen (secondary N) is 1. The summed E-state index contributed by atoms with van der Waals surface area (Å²) in [7, 11) is 0. The summed E-state index contributed by atoms with van der Waals surface area (Å²) < 4.78 is 6.31. The van der Waals surface area contributed by atoms with E-state index in [1.165, 1.54) is 76.2 Å². The van der Waals surface area contributed by atoms with Crippen LogP contribution in [-0.2, 0) is 14.3 Å². The predicted molar refractivity (Wildman–Crippen MR) is 209 cm³/mol. The van der Waals surface area contributed by atoms with Crippen LogP contribution in [0.25, 0.3) is 0 Å². The predicted octanol–water partition coefficient (Wildman–Crippen LogP) is 8.88. The number of ether oxygens (including phenoxy) is 1. The van der Waals surface area contributed by atoms with Gasteiger partial charge in [-0.05, 0) is 167 Å². The number of likely N-dealkylation sites (tertiary alicyclic amines) is 1. The average Bonchev–Trinajstić information content (AvgIpc) is 3.43. The van der Waals surface area contributed by atoms with Gasteiger partial charge in [-0.3, -0.25) is 9.59 Å². The van der Waals surface area contributed by atoms with Crippen LogP contribution in [0.1, 0.15) is 152 Å². The zero-order valence-corrected chi connectivity index (χ0v) is 34.5. The molecule has 6 aliphatic rings. The van der Waals surface area contributed by atoms with Crippen molar-refractivity contribution >= 4 is 11.9 Å². The van der Waals surface area contributed by atoms with E-state index in [1.807, 2.05) is 13.8 Å². The van der Waals surface area contributed by atoms with Gasteiger partial charge < -0.3 is 25.2 Å². The molecule has 6 rings (SSSR count). The quantitative estimate of drug-likeness (QED) is 0.137. The van der Waals surface area contributed by atoms with Gasteiger partial charge in [0.15, 0.2) is 0 Å². The normalized spacial score (nSPS) is 42.0. The molecule has 10 atom stereocenters. The number of piperidine rings is 1. The fourth-order valence-corrected chi connectivity index (χ4v) is 15.0. The van der Waals surface area contributed by atoms with Gasteiger partial charge in [0.2, 0.25) is 0 Å². The first-order valence-corrected chi connectivity index (χ1v) is 21.5. The summed E-state index contributed by atoms with van der Waals surface area (Å²) in [5.74, 6) is 2.17. The number of rotatable bonds is 12. The minimum Gasteiger partial charge on any atom is -0.481 e. The number of aliphatic hydroxyl groups excluding tert-OH is 1. The molecule has 7 heteroatoms. The van der Waals surface area contributed by atoms with Crippen LogP contribution in [0.3, 0.4) is 0 Å². The van der Waals surface area contributed by atoms with Crippen molar-refractivity contribution in [3.05, 3.63) is 12.2 Å². The fourth-order valence-electron chi connectivity index (χ4n) is 15.0. The summed E-state index contributed by atoms with van der Waals surface area (Å²) in [6, 6.07) is 0.605. The summed E-state index contributed by atoms with van der Waals surface area (Å²) in [4.78, 5) is 27.1. The number of allylic oxidation sites excluding steroid dienone is 1. The highest BCUT2D eigenvalue weighted by Crippen LogP contribution is 2.78. The molecule has 0 amide bonds. The molecule has 0 aromatic heterocycles. The maximum absolute atomic E-state index is 13.3. The molecule has 6 fully saturated rings. The van der Waals surface area contributed by atoms with Crippen LogP contribution in [0, 0.1) is 62.1 Å². The zero-order valence-electron chi connectivity index (χ0n) is 34.5. The number of β-amino-alcohol motifs (C(OH)–C–C–N with tert-alkyl or cyclic N) is 1. The second-order valence-corrected chi connectivity index (χ2v) is 21.3. The molecule has 2 unspecified atom stereocenters. The topological polar surface area (TPSA) is 99.1 Å². The van der Waals surface area contributed by atoms with Gasteiger partial charge in [0, 0.05) is 18.0 Å². The maximum Gasteiger partial charge on any atom is 0.306 e. The molecule has 0 bridgehead atoms. The highest BCUT2D eigenvalue weighted by molar-refractivity contribution is 5.73. The zero-order chi connectivity index (χ0) is 37.9. The third-order valence-corrected chi connectivity index (χ3v) is 17.8. The molecule has 0 aromatic carbocycles. The van der Waals surface area contributed by atoms with E-state index in [0.29, 0.717) is 34.6 Å². The van der Waals surface area contributed by atoms with Crippen LogP contribution in [0.4, 0.5) is 0 Å². The van der Waals surface area contributed by atoms with Gasteiger partial charge in [-0.15, -0.1) is 0 Å². The SMILES string of the molecule is C=C(C)C1CC[C@]2(CCNC3CCN(CCO)CC3)CC[C@]3(C)[C@H](CC[C@@H]4[C@@]5(C)CC[C@H](OC(=O)CC(C)(C)CC(=O)O)C(C)(C)C5CC[C@]43C)[C@H]12. The van der Waals surface area contributed by atoms with Crippen LogP contribution in [0.2, 0.25) is 0 Å². The van der Waals surface area contributed by atoms with E-state index in [4.69, 9.17) is 4.74 Å². The number of hydrogen-bond donors (Lipinski definition) is 3. The molecule has 5 saturated carbocycles. The van der Waals surface area contributed by atoms with Gasteiger partial charge in [0.25, 0.3) is 0 Å². The molecule has 296 valence electrons. The molecular formula is C45H76N2O5. The number of carboxylic acids is 1. The van der Waals surface area contributed by atoms with Gasteiger partial charge in [-0.2, -0.15) is 0 Å². The Kier molecular flexibility index (Phi) is 11.3. The van der Waals surface area contributed by atoms with Gasteiger partial charge in [0.1, 0.15) is 6.10 Å². The van der Waals surface area contributed by atoms with E-state index in [0.717, 1.165) is 50.9 Å². The highest BCUT2D eigenvalue weighted by Gasteiger charge is 2.71. The van der Waals surface area contributed by atoms with Crippen molar-refractivity contribution in [2.45, 2.75) is 164 Å². The molecule has 0 radical (unpaired) electrons. The first-order chi connectivity index (χ1) is 24.3. The smallest absolute Gasteiger partial charge is 0.306 e. The van der Waals surface area contributed by atoms with Crippen LogP contribution >= 0.6 is 0 Å². The van der Waals surface area contributed by atoms with Crippen molar-refractivity contribution in [2.24, 2.45) is 62.1 Å². The van der Waals surface area contributed by atoms with Gasteiger partial charge >= 0.3 is 11.9 Å². The summed E-state index contributed by atoms with van der Waals surface area (Å²) >= 11 is 0. The van der Waals surface area contributed by atoms with Gasteiger partial charge in [0.05, 0.1) is 19.4 Å². The highest BCUT2D eigenvalue weighted by atomic mass is 16.5. The summed E-state index contributed by atoms with van der Waals surface area (Å²) in [6.45, 7) is 27.9. The molecule has 5 aliphatic carbocycles. The Hall–Kier alpha value is -1.44. The molecule has 0 aromatic rings. The molecule has 7 nitrogen and oxygen atoms in total. The number of nitrogens with zero attached hydrogens (tertiary/aromatic N) is 1. The number of carboxylic acid groups (broad SMARTS) is 1. The van der Waals surface area contributed by atoms with Crippen molar-refractivity contribution < 1.29 is 24.5 Å². The summed E-state index contributed by atoms with van der Waals surface area (Å²) in [5.41, 5.74) is 1.91. The van der Waals surface area contributed by atoms with Crippen LogP contribution in [-0.4, -0.2) is 72.0 Å². The molecule has 1 aliphatic heterocycles. The standard InChI is InChI=1S/C45H76N2O5/c1-30(2)32-12-19-45(22-23-46-31-15-24-47(25-16-31)26-27-48)21-20-43(8)33(39(32)45)10-11-35-42(7)17-14-36(41(5,6)34(42)13-18-44(35,43)9)52-38(51)29-40(3,4)28-37(49)50/h31-36,39,46,48H,1,10-29H2,2-9H3,(H,49,50)/t32?,33-,34?,35-,36+,39+,42+,43-,44-,45-/m1/s1. The Morgan fingerprint density at radius 2 is 1.58 bits per heavy atom. The van der Waals surface area contributed by atoms with E-state index in [1.54, 1.807) is 0 Å². The van der Waals surface area contributed by atoms with E-state index in [9.17, 15) is 19.8 Å². The monoisotopic (exact) mass is 725 g/mol. The molecular weight excluding hydrogens is 649 g/mol. The lowest BCUT2D eigenvalue weighted by Crippen LogP contribution is -2.66. The van der Waals surface area contributed by atoms with E-state index in [-0.39, 0.29) is 47.8 Å². The van der Waals surface area contributed by atoms with Crippen molar-refractivity contribution in [3.8, 4) is 0 Å². The van der Waals surface area contributed by atoms with Gasteiger partial charge in [-0.25, -0.2) is 0 Å². The lowest BCUT2D eigenvalue weighted by molar-refractivity contribution is -0.250. The Labute approximate surface area is 316 Å². The third-order valence-electron chi connectivity index (χ3n) is 17.8. The molecule has 3 N–H and O–H groups in total. The van der Waals surface area contributed by atoms with Crippen LogP contribution < -0.4 is 5.32 Å². The van der Waals surface area contributed by atoms with Gasteiger partial charge in [-0.1, -0.05) is 60.6 Å². The van der Waals surface area contributed by atoms with Crippen molar-refractivity contribution in [2.75, 3.05) is 32.8 Å². The maximum atomic E-state index is 13.3. The Bertz CT molecular complexity index is 1340. The molecule has 1 saturated heterocycles. The minimum atomic E-state index is -0.869. The largest absolute Gasteiger partial charge is 0.481 e. The number of fused-ring (bicyclic) bond motifs is 7. The number of carbonyl (C=O) groups is 2. The first-order valence-electron chi connectivity index (χ1n) is 21.5. The lowest BCUT2D eigenvalue weighted by Gasteiger charge is -2.73. The van der Waals surface area contributed by atoms with Crippen molar-refractivity contribution in [1.29, 1.82) is 0 Å². The summed E-state index contributed by atoms with van der Waals surface area (Å²) in [6.07, 6.45) is 16.1. The van der Waals surface area contributed by atoms with Crippen LogP contribution in [0.5, 0.6) is 0 Å². The fraction of sp³-hybridized carbons (Fsp3) is 0.911. The molecule has 0 spiro atoms. The van der Waals surface area contributed by atoms with Crippen LogP contribution in [0.15, 0.2) is 12.2 Å². The first kappa shape index (κ1) is 40.2. The van der Waals surface area contributed by atoms with Crippen molar-refractivity contribution in [1.82, 2.24) is 10.2 Å². The Balaban J connectivity index is 1.17. The second kappa shape index (κ2) is 14.6. The van der Waals surface area contributed by atoms with E-state index >= 15 is 0 Å². The molecule has 1 heterocycles. The lowest BCUT2D eigenvalue weighted by atomic mass is 9.32. The minimum absolute atomic E-state index is 0.0327. The second-order valence-electron chi connectivity index (χ2n) is 21.3. The van der Waals surface area contributed by atoms with E-state index in [2.05, 4.69) is 58.3 Å². The number of aliphatic carboxylic acids is 1. The van der Waals surface area contributed by atoms with Crippen molar-refractivity contribution in [3.63, 3.8) is 0 Å². The Morgan fingerprint density at radius 3 is 2.23 bits per heavy atom. The number of esters is 1. The average molecular weight is 725 g/mol. The number of aliphatic hydroxyl groups is 1. The Morgan fingerprint density at radius 1 is 0.865 bits per heavy atom. The number of hydrogen-bond acceptors (Lipinski definition) is 6. The van der Waals surface area contributed by atoms with E-state index < -0.39 is 11.4 Å².